The van der Waals surface area contributed by atoms with Crippen molar-refractivity contribution in [2.24, 2.45) is 0 Å². The van der Waals surface area contributed by atoms with Crippen molar-refractivity contribution < 1.29 is 4.74 Å². The standard InChI is InChI=1S/C15H16Cl2N2O/c1-10-7-14(16)13(15(17)19-10)9-20-12-5-3-11(4-6-12)8-18-2/h3-7,18H,8-9H2,1-2H3. The summed E-state index contributed by atoms with van der Waals surface area (Å²) in [6.45, 7) is 2.99. The van der Waals surface area contributed by atoms with Gasteiger partial charge in [0.25, 0.3) is 0 Å². The molecule has 0 bridgehead atoms. The van der Waals surface area contributed by atoms with Crippen molar-refractivity contribution >= 4 is 23.2 Å². The predicted octanol–water partition coefficient (Wildman–Crippen LogP) is 4.00. The molecule has 3 nitrogen and oxygen atoms in total. The lowest BCUT2D eigenvalue weighted by molar-refractivity contribution is 0.306. The summed E-state index contributed by atoms with van der Waals surface area (Å²) < 4.78 is 5.70. The Bertz CT molecular complexity index is 562. The van der Waals surface area contributed by atoms with Crippen LogP contribution in [-0.2, 0) is 13.2 Å². The predicted molar refractivity (Wildman–Crippen MR) is 82.5 cm³/mol. The monoisotopic (exact) mass is 310 g/mol. The van der Waals surface area contributed by atoms with Gasteiger partial charge in [0.15, 0.2) is 0 Å². The van der Waals surface area contributed by atoms with Gasteiger partial charge >= 0.3 is 0 Å². The number of hydrogen-bond donors (Lipinski definition) is 1. The van der Waals surface area contributed by atoms with Crippen LogP contribution in [0.1, 0.15) is 16.8 Å². The molecule has 0 aliphatic rings. The maximum Gasteiger partial charge on any atom is 0.137 e. The van der Waals surface area contributed by atoms with Gasteiger partial charge in [-0.3, -0.25) is 0 Å². The lowest BCUT2D eigenvalue weighted by Gasteiger charge is -2.10. The molecule has 0 saturated heterocycles. The van der Waals surface area contributed by atoms with Crippen molar-refractivity contribution in [3.8, 4) is 5.75 Å². The minimum absolute atomic E-state index is 0.302. The molecule has 20 heavy (non-hydrogen) atoms. The summed E-state index contributed by atoms with van der Waals surface area (Å²) in [7, 11) is 1.92. The molecule has 0 aliphatic heterocycles. The quantitative estimate of drug-likeness (QED) is 0.848. The van der Waals surface area contributed by atoms with Crippen LogP contribution in [0.2, 0.25) is 10.2 Å². The molecule has 0 unspecified atom stereocenters. The third-order valence-corrected chi connectivity index (χ3v) is 3.48. The second-order valence-electron chi connectivity index (χ2n) is 4.48. The van der Waals surface area contributed by atoms with Gasteiger partial charge in [-0.25, -0.2) is 4.98 Å². The van der Waals surface area contributed by atoms with Crippen molar-refractivity contribution in [2.45, 2.75) is 20.1 Å². The summed E-state index contributed by atoms with van der Waals surface area (Å²) in [5, 5.41) is 4.07. The molecule has 1 aromatic carbocycles. The number of nitrogens with zero attached hydrogens (tertiary/aromatic N) is 1. The zero-order valence-electron chi connectivity index (χ0n) is 11.4. The topological polar surface area (TPSA) is 34.1 Å². The minimum atomic E-state index is 0.302. The van der Waals surface area contributed by atoms with Gasteiger partial charge in [-0.1, -0.05) is 35.3 Å². The highest BCUT2D eigenvalue weighted by Crippen LogP contribution is 2.25. The van der Waals surface area contributed by atoms with Crippen LogP contribution in [0.4, 0.5) is 0 Å². The summed E-state index contributed by atoms with van der Waals surface area (Å²) in [6.07, 6.45) is 0. The normalized spacial score (nSPS) is 10.6. The van der Waals surface area contributed by atoms with E-state index in [9.17, 15) is 0 Å². The molecule has 5 heteroatoms. The SMILES string of the molecule is CNCc1ccc(OCc2c(Cl)cc(C)nc2Cl)cc1. The Hall–Kier alpha value is -1.29. The van der Waals surface area contributed by atoms with Crippen LogP contribution in [-0.4, -0.2) is 12.0 Å². The van der Waals surface area contributed by atoms with E-state index in [0.29, 0.717) is 22.3 Å². The molecule has 0 aliphatic carbocycles. The van der Waals surface area contributed by atoms with E-state index in [1.807, 2.05) is 38.2 Å². The van der Waals surface area contributed by atoms with E-state index >= 15 is 0 Å². The molecule has 106 valence electrons. The second-order valence-corrected chi connectivity index (χ2v) is 5.24. The fraction of sp³-hybridized carbons (Fsp3) is 0.267. The highest BCUT2D eigenvalue weighted by atomic mass is 35.5. The van der Waals surface area contributed by atoms with Crippen molar-refractivity contribution in [2.75, 3.05) is 7.05 Å². The molecule has 0 radical (unpaired) electrons. The first-order valence-corrected chi connectivity index (χ1v) is 7.03. The van der Waals surface area contributed by atoms with E-state index in [4.69, 9.17) is 27.9 Å². The molecule has 2 rings (SSSR count). The van der Waals surface area contributed by atoms with Gasteiger partial charge < -0.3 is 10.1 Å². The number of nitrogens with one attached hydrogen (secondary N) is 1. The molecule has 0 spiro atoms. The van der Waals surface area contributed by atoms with E-state index in [2.05, 4.69) is 10.3 Å². The van der Waals surface area contributed by atoms with Crippen LogP contribution in [0.3, 0.4) is 0 Å². The molecule has 0 amide bonds. The van der Waals surface area contributed by atoms with Gasteiger partial charge in [0, 0.05) is 17.8 Å². The number of rotatable bonds is 5. The summed E-state index contributed by atoms with van der Waals surface area (Å²) in [5.41, 5.74) is 2.70. The van der Waals surface area contributed by atoms with Gasteiger partial charge in [-0.2, -0.15) is 0 Å². The third kappa shape index (κ3) is 3.85. The zero-order chi connectivity index (χ0) is 14.5. The van der Waals surface area contributed by atoms with Gasteiger partial charge in [0.1, 0.15) is 17.5 Å². The van der Waals surface area contributed by atoms with Crippen LogP contribution < -0.4 is 10.1 Å². The van der Waals surface area contributed by atoms with Crippen molar-refractivity contribution in [3.05, 3.63) is 57.3 Å². The minimum Gasteiger partial charge on any atom is -0.489 e. The van der Waals surface area contributed by atoms with Crippen molar-refractivity contribution in [1.29, 1.82) is 0 Å². The smallest absolute Gasteiger partial charge is 0.137 e. The fourth-order valence-electron chi connectivity index (χ4n) is 1.82. The molecule has 1 N–H and O–H groups in total. The van der Waals surface area contributed by atoms with Crippen LogP contribution in [0.25, 0.3) is 0 Å². The number of hydrogen-bond acceptors (Lipinski definition) is 3. The van der Waals surface area contributed by atoms with Crippen LogP contribution >= 0.6 is 23.2 Å². The average molecular weight is 311 g/mol. The summed E-state index contributed by atoms with van der Waals surface area (Å²) in [5.74, 6) is 0.776. The van der Waals surface area contributed by atoms with Crippen LogP contribution in [0.5, 0.6) is 5.75 Å². The van der Waals surface area contributed by atoms with Gasteiger partial charge in [-0.05, 0) is 37.7 Å². The Morgan fingerprint density at radius 3 is 2.50 bits per heavy atom. The Labute approximate surface area is 128 Å². The summed E-state index contributed by atoms with van der Waals surface area (Å²) in [4.78, 5) is 4.18. The molecular formula is C15H16Cl2N2O. The van der Waals surface area contributed by atoms with Crippen LogP contribution in [0.15, 0.2) is 30.3 Å². The third-order valence-electron chi connectivity index (χ3n) is 2.83. The second kappa shape index (κ2) is 6.93. The Morgan fingerprint density at radius 2 is 1.90 bits per heavy atom. The molecular weight excluding hydrogens is 295 g/mol. The maximum atomic E-state index is 6.15. The van der Waals surface area contributed by atoms with E-state index in [-0.39, 0.29) is 0 Å². The van der Waals surface area contributed by atoms with Gasteiger partial charge in [0.05, 0.1) is 5.02 Å². The number of aryl methyl sites for hydroxylation is 1. The number of pyridine rings is 1. The van der Waals surface area contributed by atoms with E-state index < -0.39 is 0 Å². The lowest BCUT2D eigenvalue weighted by atomic mass is 10.2. The summed E-state index contributed by atoms with van der Waals surface area (Å²) >= 11 is 12.2. The van der Waals surface area contributed by atoms with Crippen LogP contribution in [0, 0.1) is 6.92 Å². The number of aromatic nitrogens is 1. The molecule has 0 saturated carbocycles. The first-order chi connectivity index (χ1) is 9.60. The van der Waals surface area contributed by atoms with Crippen molar-refractivity contribution in [1.82, 2.24) is 10.3 Å². The number of halogens is 2. The largest absolute Gasteiger partial charge is 0.489 e. The van der Waals surface area contributed by atoms with Gasteiger partial charge in [0.2, 0.25) is 0 Å². The van der Waals surface area contributed by atoms with E-state index in [1.165, 1.54) is 5.56 Å². The van der Waals surface area contributed by atoms with Gasteiger partial charge in [-0.15, -0.1) is 0 Å². The van der Waals surface area contributed by atoms with E-state index in [1.54, 1.807) is 6.07 Å². The highest BCUT2D eigenvalue weighted by Gasteiger charge is 2.09. The molecule has 2 aromatic rings. The lowest BCUT2D eigenvalue weighted by Crippen LogP contribution is -2.04. The first kappa shape index (κ1) is 15.1. The zero-order valence-corrected chi connectivity index (χ0v) is 12.9. The number of benzene rings is 1. The first-order valence-electron chi connectivity index (χ1n) is 6.28. The molecule has 1 aromatic heterocycles. The molecule has 1 heterocycles. The molecule has 0 fully saturated rings. The highest BCUT2D eigenvalue weighted by molar-refractivity contribution is 6.35. The number of ether oxygens (including phenoxy) is 1. The maximum absolute atomic E-state index is 6.15. The average Bonchev–Trinajstić information content (AvgIpc) is 2.39. The van der Waals surface area contributed by atoms with Crippen molar-refractivity contribution in [3.63, 3.8) is 0 Å². The Balaban J connectivity index is 2.05. The fourth-order valence-corrected chi connectivity index (χ4v) is 2.46. The Morgan fingerprint density at radius 1 is 1.20 bits per heavy atom. The Kier molecular flexibility index (Phi) is 5.24. The van der Waals surface area contributed by atoms with E-state index in [0.717, 1.165) is 18.0 Å². The summed E-state index contributed by atoms with van der Waals surface area (Å²) in [6, 6.07) is 9.67. The molecule has 0 atom stereocenters.